The molecule has 0 unspecified atom stereocenters. The van der Waals surface area contributed by atoms with Crippen molar-refractivity contribution in [3.63, 3.8) is 0 Å². The molecule has 1 heterocycles. The molecule has 1 rings (SSSR count). The van der Waals surface area contributed by atoms with Crippen molar-refractivity contribution in [2.45, 2.75) is 38.9 Å². The smallest absolute Gasteiger partial charge is 0.336 e. The molecule has 0 radical (unpaired) electrons. The van der Waals surface area contributed by atoms with E-state index in [1.807, 2.05) is 0 Å². The maximum Gasteiger partial charge on any atom is 0.336 e. The van der Waals surface area contributed by atoms with E-state index in [1.54, 1.807) is 0 Å². The normalized spacial score (nSPS) is 11.6. The first-order valence-electron chi connectivity index (χ1n) is 8.78. The third kappa shape index (κ3) is 7.58. The van der Waals surface area contributed by atoms with Crippen molar-refractivity contribution in [3.05, 3.63) is 67.9 Å². The van der Waals surface area contributed by atoms with Crippen LogP contribution in [-0.4, -0.2) is 46.9 Å². The maximum absolute atomic E-state index is 12.6. The van der Waals surface area contributed by atoms with Crippen LogP contribution in [0.25, 0.3) is 0 Å². The molecule has 1 aromatic heterocycles. The van der Waals surface area contributed by atoms with Gasteiger partial charge in [-0.05, 0) is 19.3 Å². The Morgan fingerprint density at radius 2 is 0.800 bits per heavy atom. The SMILES string of the molecule is O=C(O)/C=C\CCn1c(=O)n(CC/C=C\C(=O)O)c(=O)n(CC/C=C\C(=O)O)c1=O. The van der Waals surface area contributed by atoms with Gasteiger partial charge in [-0.2, -0.15) is 0 Å². The van der Waals surface area contributed by atoms with Crippen molar-refractivity contribution in [3.8, 4) is 0 Å². The number of aromatic nitrogens is 3. The molecule has 30 heavy (non-hydrogen) atoms. The summed E-state index contributed by atoms with van der Waals surface area (Å²) in [6.45, 7) is -0.549. The molecule has 12 heteroatoms. The second kappa shape index (κ2) is 11.8. The van der Waals surface area contributed by atoms with Crippen LogP contribution in [0.15, 0.2) is 50.8 Å². The molecule has 0 aromatic carbocycles. The summed E-state index contributed by atoms with van der Waals surface area (Å²) in [6, 6.07) is 0. The lowest BCUT2D eigenvalue weighted by molar-refractivity contribution is -0.132. The molecule has 0 aliphatic rings. The Bertz CT molecular complexity index is 891. The average Bonchev–Trinajstić information content (AvgIpc) is 2.65. The van der Waals surface area contributed by atoms with E-state index < -0.39 is 35.0 Å². The van der Waals surface area contributed by atoms with Crippen LogP contribution in [0.2, 0.25) is 0 Å². The highest BCUT2D eigenvalue weighted by molar-refractivity contribution is 5.80. The van der Waals surface area contributed by atoms with Crippen molar-refractivity contribution < 1.29 is 29.7 Å². The minimum atomic E-state index is -1.19. The van der Waals surface area contributed by atoms with Gasteiger partial charge in [0.2, 0.25) is 0 Å². The quantitative estimate of drug-likeness (QED) is 0.365. The summed E-state index contributed by atoms with van der Waals surface area (Å²) in [5.74, 6) is -3.58. The lowest BCUT2D eigenvalue weighted by atomic mass is 10.3. The molecule has 0 spiro atoms. The van der Waals surface area contributed by atoms with Gasteiger partial charge in [0.1, 0.15) is 0 Å². The van der Waals surface area contributed by atoms with Crippen molar-refractivity contribution in [2.75, 3.05) is 0 Å². The van der Waals surface area contributed by atoms with Crippen molar-refractivity contribution in [1.82, 2.24) is 13.7 Å². The fourth-order valence-electron chi connectivity index (χ4n) is 2.42. The molecule has 0 saturated heterocycles. The van der Waals surface area contributed by atoms with Crippen LogP contribution in [0.3, 0.4) is 0 Å². The first kappa shape index (κ1) is 24.1. The van der Waals surface area contributed by atoms with Gasteiger partial charge in [0.05, 0.1) is 0 Å². The monoisotopic (exact) mass is 423 g/mol. The number of carboxylic acids is 3. The summed E-state index contributed by atoms with van der Waals surface area (Å²) in [5.41, 5.74) is -2.72. The second-order valence-corrected chi connectivity index (χ2v) is 5.89. The number of allylic oxidation sites excluding steroid dienone is 3. The van der Waals surface area contributed by atoms with Crippen molar-refractivity contribution in [1.29, 1.82) is 0 Å². The summed E-state index contributed by atoms with van der Waals surface area (Å²) >= 11 is 0. The predicted octanol–water partition coefficient (Wildman–Crippen LogP) is -0.736. The molecule has 0 aliphatic carbocycles. The van der Waals surface area contributed by atoms with Crippen LogP contribution < -0.4 is 17.1 Å². The van der Waals surface area contributed by atoms with E-state index in [2.05, 4.69) is 0 Å². The average molecular weight is 423 g/mol. The van der Waals surface area contributed by atoms with E-state index >= 15 is 0 Å². The molecule has 0 saturated carbocycles. The van der Waals surface area contributed by atoms with Crippen LogP contribution in [0.4, 0.5) is 0 Å². The molecule has 12 nitrogen and oxygen atoms in total. The van der Waals surface area contributed by atoms with Crippen LogP contribution in [-0.2, 0) is 34.0 Å². The zero-order valence-corrected chi connectivity index (χ0v) is 15.8. The first-order valence-corrected chi connectivity index (χ1v) is 8.78. The number of rotatable bonds is 12. The van der Waals surface area contributed by atoms with E-state index in [0.717, 1.165) is 31.9 Å². The van der Waals surface area contributed by atoms with E-state index in [4.69, 9.17) is 15.3 Å². The van der Waals surface area contributed by atoms with Crippen LogP contribution in [0, 0.1) is 0 Å². The van der Waals surface area contributed by atoms with Gasteiger partial charge < -0.3 is 15.3 Å². The van der Waals surface area contributed by atoms with Gasteiger partial charge >= 0.3 is 35.0 Å². The zero-order chi connectivity index (χ0) is 22.7. The minimum absolute atomic E-state index is 0.0392. The highest BCUT2D eigenvalue weighted by atomic mass is 16.4. The Morgan fingerprint density at radius 1 is 0.567 bits per heavy atom. The highest BCUT2D eigenvalue weighted by Gasteiger charge is 2.14. The van der Waals surface area contributed by atoms with Gasteiger partial charge in [-0.25, -0.2) is 42.5 Å². The molecule has 0 bridgehead atoms. The van der Waals surface area contributed by atoms with Gasteiger partial charge in [-0.1, -0.05) is 18.2 Å². The summed E-state index contributed by atoms with van der Waals surface area (Å²) in [5, 5.41) is 25.8. The molecule has 3 N–H and O–H groups in total. The number of aliphatic carboxylic acids is 3. The highest BCUT2D eigenvalue weighted by Crippen LogP contribution is 1.91. The Labute approximate surface area is 168 Å². The van der Waals surface area contributed by atoms with Crippen molar-refractivity contribution in [2.24, 2.45) is 0 Å². The molecule has 0 amide bonds. The summed E-state index contributed by atoms with van der Waals surface area (Å²) in [4.78, 5) is 69.3. The number of nitrogens with zero attached hydrogens (tertiary/aromatic N) is 3. The van der Waals surface area contributed by atoms with Crippen LogP contribution in [0.5, 0.6) is 0 Å². The first-order chi connectivity index (χ1) is 14.1. The molecule has 162 valence electrons. The van der Waals surface area contributed by atoms with Crippen LogP contribution >= 0.6 is 0 Å². The molecular weight excluding hydrogens is 402 g/mol. The topological polar surface area (TPSA) is 178 Å². The number of hydrogen-bond acceptors (Lipinski definition) is 6. The molecule has 0 aliphatic heterocycles. The number of carbonyl (C=O) groups is 3. The summed E-state index contributed by atoms with van der Waals surface area (Å²) < 4.78 is 2.32. The lowest BCUT2D eigenvalue weighted by Crippen LogP contribution is -2.54. The fraction of sp³-hybridized carbons (Fsp3) is 0.333. The Morgan fingerprint density at radius 3 is 1.00 bits per heavy atom. The van der Waals surface area contributed by atoms with Gasteiger partial charge in [-0.15, -0.1) is 0 Å². The van der Waals surface area contributed by atoms with E-state index in [9.17, 15) is 28.8 Å². The summed E-state index contributed by atoms with van der Waals surface area (Å²) in [6.07, 6.45) is 6.43. The largest absolute Gasteiger partial charge is 0.478 e. The van der Waals surface area contributed by atoms with Gasteiger partial charge in [-0.3, -0.25) is 0 Å². The molecule has 1 aromatic rings. The Hall–Kier alpha value is -3.96. The third-order valence-electron chi connectivity index (χ3n) is 3.72. The lowest BCUT2D eigenvalue weighted by Gasteiger charge is -2.12. The van der Waals surface area contributed by atoms with Crippen LogP contribution in [0.1, 0.15) is 19.3 Å². The molecule has 0 fully saturated rings. The Kier molecular flexibility index (Phi) is 9.46. The molecule has 0 atom stereocenters. The van der Waals surface area contributed by atoms with Gasteiger partial charge in [0.15, 0.2) is 0 Å². The number of carboxylic acid groups (broad SMARTS) is 3. The second-order valence-electron chi connectivity index (χ2n) is 5.89. The standard InChI is InChI=1S/C18H21N3O9/c22-13(23)7-1-4-10-19-16(28)20(11-5-2-8-14(24)25)18(30)21(17(19)29)12-6-3-9-15(26)27/h1-3,7-9H,4-6,10-12H2,(H,22,23)(H,24,25)(H,26,27)/b7-1-,8-2-,9-3-. The van der Waals surface area contributed by atoms with Gasteiger partial charge in [0.25, 0.3) is 0 Å². The van der Waals surface area contributed by atoms with Gasteiger partial charge in [0, 0.05) is 37.9 Å². The van der Waals surface area contributed by atoms with E-state index in [0.29, 0.717) is 0 Å². The number of hydrogen-bond donors (Lipinski definition) is 3. The molecular formula is C18H21N3O9. The zero-order valence-electron chi connectivity index (χ0n) is 15.8. The minimum Gasteiger partial charge on any atom is -0.478 e. The Balaban J connectivity index is 3.29. The van der Waals surface area contributed by atoms with E-state index in [-0.39, 0.29) is 38.9 Å². The maximum atomic E-state index is 12.6. The predicted molar refractivity (Wildman–Crippen MR) is 103 cm³/mol. The fourth-order valence-corrected chi connectivity index (χ4v) is 2.42. The third-order valence-corrected chi connectivity index (χ3v) is 3.72. The summed E-state index contributed by atoms with van der Waals surface area (Å²) in [7, 11) is 0. The van der Waals surface area contributed by atoms with Crippen molar-refractivity contribution >= 4 is 17.9 Å². The van der Waals surface area contributed by atoms with E-state index in [1.165, 1.54) is 18.2 Å².